The summed E-state index contributed by atoms with van der Waals surface area (Å²) in [7, 11) is 1.60. The Kier molecular flexibility index (Phi) is 6.03. The Balaban J connectivity index is 1.65. The van der Waals surface area contributed by atoms with E-state index in [2.05, 4.69) is 20.2 Å². The molecule has 1 amide bonds. The van der Waals surface area contributed by atoms with Crippen molar-refractivity contribution in [3.05, 3.63) is 33.7 Å². The molecule has 0 saturated carbocycles. The Bertz CT molecular complexity index is 837. The van der Waals surface area contributed by atoms with Gasteiger partial charge in [-0.05, 0) is 25.0 Å². The SMILES string of the molecule is CCc1[nH]c(C(=O)N[C@H]2CCN(c3ccc(C(=O)O)s3)C[C@H]2OC)nc1Cl. The van der Waals surface area contributed by atoms with E-state index in [0.717, 1.165) is 10.7 Å². The number of thiophene rings is 1. The summed E-state index contributed by atoms with van der Waals surface area (Å²) in [6.45, 7) is 3.17. The van der Waals surface area contributed by atoms with Crippen molar-refractivity contribution in [1.82, 2.24) is 15.3 Å². The second-order valence-corrected chi connectivity index (χ2v) is 7.66. The van der Waals surface area contributed by atoms with E-state index in [1.807, 2.05) is 6.92 Å². The number of aryl methyl sites for hydroxylation is 1. The fraction of sp³-hybridized carbons (Fsp3) is 0.471. The third kappa shape index (κ3) is 4.26. The summed E-state index contributed by atoms with van der Waals surface area (Å²) in [5.41, 5.74) is 0.729. The summed E-state index contributed by atoms with van der Waals surface area (Å²) in [6, 6.07) is 3.23. The number of rotatable bonds is 6. The number of nitrogens with one attached hydrogen (secondary N) is 2. The first-order valence-corrected chi connectivity index (χ1v) is 9.78. The van der Waals surface area contributed by atoms with Crippen molar-refractivity contribution in [1.29, 1.82) is 0 Å². The summed E-state index contributed by atoms with van der Waals surface area (Å²) < 4.78 is 5.57. The third-order valence-corrected chi connectivity index (χ3v) is 6.04. The zero-order chi connectivity index (χ0) is 19.6. The second kappa shape index (κ2) is 8.28. The lowest BCUT2D eigenvalue weighted by Crippen LogP contribution is -2.55. The Morgan fingerprint density at radius 2 is 2.30 bits per heavy atom. The molecule has 1 aliphatic heterocycles. The number of methoxy groups -OCH3 is 1. The molecule has 2 atom stereocenters. The molecule has 1 fully saturated rings. The molecule has 0 unspecified atom stereocenters. The van der Waals surface area contributed by atoms with E-state index >= 15 is 0 Å². The molecule has 2 aromatic heterocycles. The molecule has 2 aromatic rings. The van der Waals surface area contributed by atoms with Gasteiger partial charge in [0.25, 0.3) is 5.91 Å². The van der Waals surface area contributed by atoms with Gasteiger partial charge in [-0.2, -0.15) is 0 Å². The van der Waals surface area contributed by atoms with Gasteiger partial charge < -0.3 is 25.0 Å². The molecule has 8 nitrogen and oxygen atoms in total. The Labute approximate surface area is 165 Å². The number of carbonyl (C=O) groups is 2. The van der Waals surface area contributed by atoms with Crippen LogP contribution in [0, 0.1) is 0 Å². The number of imidazole rings is 1. The Morgan fingerprint density at radius 3 is 2.89 bits per heavy atom. The van der Waals surface area contributed by atoms with Crippen LogP contribution >= 0.6 is 22.9 Å². The molecule has 1 saturated heterocycles. The van der Waals surface area contributed by atoms with Crippen LogP contribution in [0.2, 0.25) is 5.15 Å². The highest BCUT2D eigenvalue weighted by Crippen LogP contribution is 2.29. The quantitative estimate of drug-likeness (QED) is 0.672. The van der Waals surface area contributed by atoms with Crippen LogP contribution in [0.3, 0.4) is 0 Å². The smallest absolute Gasteiger partial charge is 0.345 e. The first kappa shape index (κ1) is 19.7. The normalized spacial score (nSPS) is 19.9. The van der Waals surface area contributed by atoms with Crippen LogP contribution in [0.1, 0.15) is 39.3 Å². The van der Waals surface area contributed by atoms with Gasteiger partial charge in [0.2, 0.25) is 0 Å². The number of H-pyrrole nitrogens is 1. The van der Waals surface area contributed by atoms with Crippen LogP contribution in [0.25, 0.3) is 0 Å². The molecule has 0 spiro atoms. The predicted octanol–water partition coefficient (Wildman–Crippen LogP) is 2.41. The topological polar surface area (TPSA) is 108 Å². The van der Waals surface area contributed by atoms with E-state index in [-0.39, 0.29) is 23.9 Å². The average Bonchev–Trinajstić information content (AvgIpc) is 3.29. The van der Waals surface area contributed by atoms with Crippen LogP contribution < -0.4 is 10.2 Å². The minimum Gasteiger partial charge on any atom is -0.477 e. The molecule has 0 aliphatic carbocycles. The van der Waals surface area contributed by atoms with Crippen molar-refractivity contribution in [2.24, 2.45) is 0 Å². The van der Waals surface area contributed by atoms with Gasteiger partial charge in [0.05, 0.1) is 22.8 Å². The van der Waals surface area contributed by atoms with Crippen molar-refractivity contribution in [2.45, 2.75) is 31.9 Å². The summed E-state index contributed by atoms with van der Waals surface area (Å²) in [5.74, 6) is -1.06. The number of carboxylic acid groups (broad SMARTS) is 1. The number of aromatic amines is 1. The van der Waals surface area contributed by atoms with Crippen LogP contribution in [0.5, 0.6) is 0 Å². The van der Waals surface area contributed by atoms with E-state index in [1.54, 1.807) is 19.2 Å². The molecule has 146 valence electrons. The number of carbonyl (C=O) groups excluding carboxylic acids is 1. The molecule has 0 bridgehead atoms. The first-order valence-electron chi connectivity index (χ1n) is 8.59. The predicted molar refractivity (Wildman–Crippen MR) is 103 cm³/mol. The summed E-state index contributed by atoms with van der Waals surface area (Å²) in [6.07, 6.45) is 1.10. The number of aromatic nitrogens is 2. The molecule has 10 heteroatoms. The summed E-state index contributed by atoms with van der Waals surface area (Å²) in [4.78, 5) is 33.0. The largest absolute Gasteiger partial charge is 0.477 e. The van der Waals surface area contributed by atoms with Gasteiger partial charge in [0, 0.05) is 20.2 Å². The number of anilines is 1. The van der Waals surface area contributed by atoms with Gasteiger partial charge in [-0.15, -0.1) is 11.3 Å². The molecule has 1 aliphatic rings. The number of aromatic carboxylic acids is 1. The molecule has 0 radical (unpaired) electrons. The fourth-order valence-electron chi connectivity index (χ4n) is 3.10. The lowest BCUT2D eigenvalue weighted by molar-refractivity contribution is 0.0539. The van der Waals surface area contributed by atoms with E-state index in [0.29, 0.717) is 36.0 Å². The Hall–Kier alpha value is -2.10. The highest BCUT2D eigenvalue weighted by atomic mass is 35.5. The van der Waals surface area contributed by atoms with E-state index in [1.165, 1.54) is 11.3 Å². The second-order valence-electron chi connectivity index (χ2n) is 6.24. The van der Waals surface area contributed by atoms with Crippen molar-refractivity contribution < 1.29 is 19.4 Å². The maximum Gasteiger partial charge on any atom is 0.345 e. The first-order chi connectivity index (χ1) is 12.9. The monoisotopic (exact) mass is 412 g/mol. The zero-order valence-corrected chi connectivity index (χ0v) is 16.6. The molecular formula is C17H21ClN4O4S. The molecule has 3 heterocycles. The average molecular weight is 413 g/mol. The van der Waals surface area contributed by atoms with Gasteiger partial charge >= 0.3 is 5.97 Å². The molecular weight excluding hydrogens is 392 g/mol. The number of ether oxygens (including phenoxy) is 1. The molecule has 3 rings (SSSR count). The third-order valence-electron chi connectivity index (χ3n) is 4.59. The van der Waals surface area contributed by atoms with Gasteiger partial charge in [-0.25, -0.2) is 9.78 Å². The number of piperidine rings is 1. The lowest BCUT2D eigenvalue weighted by Gasteiger charge is -2.38. The van der Waals surface area contributed by atoms with Crippen LogP contribution in [0.4, 0.5) is 5.00 Å². The maximum absolute atomic E-state index is 12.5. The van der Waals surface area contributed by atoms with Crippen molar-refractivity contribution in [3.8, 4) is 0 Å². The van der Waals surface area contributed by atoms with Crippen LogP contribution in [-0.4, -0.2) is 59.3 Å². The summed E-state index contributed by atoms with van der Waals surface area (Å²) >= 11 is 7.24. The van der Waals surface area contributed by atoms with Crippen LogP contribution in [-0.2, 0) is 11.2 Å². The number of halogens is 1. The number of nitrogens with zero attached hydrogens (tertiary/aromatic N) is 2. The molecule has 3 N–H and O–H groups in total. The molecule has 27 heavy (non-hydrogen) atoms. The van der Waals surface area contributed by atoms with Gasteiger partial charge in [0.1, 0.15) is 4.88 Å². The Morgan fingerprint density at radius 1 is 1.52 bits per heavy atom. The van der Waals surface area contributed by atoms with Crippen LogP contribution in [0.15, 0.2) is 12.1 Å². The van der Waals surface area contributed by atoms with Gasteiger partial charge in [-0.3, -0.25) is 4.79 Å². The van der Waals surface area contributed by atoms with Crippen molar-refractivity contribution >= 4 is 39.8 Å². The molecule has 0 aromatic carbocycles. The standard InChI is InChI=1S/C17H21ClN4O4S/c1-3-9-14(18)21-15(19-9)16(23)20-10-6-7-22(8-11(10)26-2)13-5-4-12(27-13)17(24)25/h4-5,10-11H,3,6-8H2,1-2H3,(H,19,21)(H,20,23)(H,24,25)/t10-,11+/m0/s1. The number of amides is 1. The highest BCUT2D eigenvalue weighted by Gasteiger charge is 2.32. The number of carboxylic acids is 1. The van der Waals surface area contributed by atoms with E-state index in [9.17, 15) is 9.59 Å². The minimum absolute atomic E-state index is 0.174. The van der Waals surface area contributed by atoms with E-state index < -0.39 is 5.97 Å². The fourth-order valence-corrected chi connectivity index (χ4v) is 4.24. The minimum atomic E-state index is -0.930. The summed E-state index contributed by atoms with van der Waals surface area (Å²) in [5, 5.41) is 13.2. The van der Waals surface area contributed by atoms with Crippen molar-refractivity contribution in [2.75, 3.05) is 25.1 Å². The van der Waals surface area contributed by atoms with Gasteiger partial charge in [-0.1, -0.05) is 18.5 Å². The maximum atomic E-state index is 12.5. The lowest BCUT2D eigenvalue weighted by atomic mass is 10.0. The highest BCUT2D eigenvalue weighted by molar-refractivity contribution is 7.17. The van der Waals surface area contributed by atoms with E-state index in [4.69, 9.17) is 21.4 Å². The van der Waals surface area contributed by atoms with Gasteiger partial charge in [0.15, 0.2) is 11.0 Å². The van der Waals surface area contributed by atoms with Crippen molar-refractivity contribution in [3.63, 3.8) is 0 Å². The number of hydrogen-bond acceptors (Lipinski definition) is 6. The zero-order valence-electron chi connectivity index (χ0n) is 15.0. The number of hydrogen-bond donors (Lipinski definition) is 3.